The number of benzene rings is 1. The van der Waals surface area contributed by atoms with Crippen LogP contribution in [-0.2, 0) is 13.5 Å². The lowest BCUT2D eigenvalue weighted by atomic mass is 10.0. The third-order valence-electron chi connectivity index (χ3n) is 3.20. The molecule has 0 fully saturated rings. The number of hydrogen-bond donors (Lipinski definition) is 1. The van der Waals surface area contributed by atoms with Crippen LogP contribution in [0.25, 0.3) is 0 Å². The Bertz CT molecular complexity index is 549. The molecule has 0 aliphatic rings. The monoisotopic (exact) mass is 297 g/mol. The van der Waals surface area contributed by atoms with Crippen molar-refractivity contribution >= 4 is 0 Å². The Kier molecular flexibility index (Phi) is 5.01. The maximum atomic E-state index is 12.7. The van der Waals surface area contributed by atoms with E-state index >= 15 is 0 Å². The summed E-state index contributed by atoms with van der Waals surface area (Å²) in [5.41, 5.74) is 1.66. The van der Waals surface area contributed by atoms with Crippen molar-refractivity contribution in [2.45, 2.75) is 25.1 Å². The normalized spacial score (nSPS) is 13.3. The highest BCUT2D eigenvalue weighted by molar-refractivity contribution is 5.19. The van der Waals surface area contributed by atoms with Gasteiger partial charge in [0, 0.05) is 19.3 Å². The molecular weight excluding hydrogens is 279 g/mol. The van der Waals surface area contributed by atoms with Crippen molar-refractivity contribution in [3.63, 3.8) is 0 Å². The van der Waals surface area contributed by atoms with Crippen molar-refractivity contribution in [1.29, 1.82) is 0 Å². The van der Waals surface area contributed by atoms with Gasteiger partial charge in [-0.15, -0.1) is 0 Å². The lowest BCUT2D eigenvalue weighted by molar-refractivity contribution is -0.140. The molecule has 21 heavy (non-hydrogen) atoms. The Hall–Kier alpha value is -1.82. The minimum absolute atomic E-state index is 0.474. The van der Waals surface area contributed by atoms with Crippen LogP contribution in [0.5, 0.6) is 0 Å². The third kappa shape index (κ3) is 5.23. The van der Waals surface area contributed by atoms with E-state index in [-0.39, 0.29) is 0 Å². The second-order valence-electron chi connectivity index (χ2n) is 5.01. The predicted octanol–water partition coefficient (Wildman–Crippen LogP) is 3.25. The van der Waals surface area contributed by atoms with Crippen molar-refractivity contribution in [1.82, 2.24) is 15.1 Å². The van der Waals surface area contributed by atoms with Crippen LogP contribution in [0, 0.1) is 0 Å². The molecule has 3 nitrogen and oxygen atoms in total. The van der Waals surface area contributed by atoms with Gasteiger partial charge in [-0.3, -0.25) is 4.68 Å². The van der Waals surface area contributed by atoms with Crippen LogP contribution in [0.4, 0.5) is 13.2 Å². The number of nitrogens with one attached hydrogen (secondary N) is 1. The summed E-state index contributed by atoms with van der Waals surface area (Å²) in [4.78, 5) is 0. The van der Waals surface area contributed by atoms with E-state index in [1.807, 2.05) is 13.2 Å². The van der Waals surface area contributed by atoms with E-state index in [1.54, 1.807) is 41.2 Å². The van der Waals surface area contributed by atoms with Gasteiger partial charge in [0.1, 0.15) is 0 Å². The zero-order chi connectivity index (χ0) is 15.3. The van der Waals surface area contributed by atoms with Crippen molar-refractivity contribution in [2.75, 3.05) is 6.54 Å². The van der Waals surface area contributed by atoms with Gasteiger partial charge in [-0.05, 0) is 24.1 Å². The quantitative estimate of drug-likeness (QED) is 0.887. The van der Waals surface area contributed by atoms with Gasteiger partial charge in [0.15, 0.2) is 0 Å². The zero-order valence-electron chi connectivity index (χ0n) is 11.8. The number of aryl methyl sites for hydroxylation is 1. The molecule has 0 aliphatic carbocycles. The van der Waals surface area contributed by atoms with Crippen LogP contribution >= 0.6 is 0 Å². The van der Waals surface area contributed by atoms with E-state index in [0.717, 1.165) is 5.56 Å². The van der Waals surface area contributed by atoms with Crippen LogP contribution < -0.4 is 5.32 Å². The van der Waals surface area contributed by atoms with Gasteiger partial charge in [0.2, 0.25) is 0 Å². The standard InChI is InChI=1S/C15H18F3N3/c1-21-11-12(10-20-21)7-8-19-14(9-15(16,17)18)13-5-3-2-4-6-13/h2-6,10-11,14,19H,7-9H2,1H3. The Morgan fingerprint density at radius 1 is 1.24 bits per heavy atom. The summed E-state index contributed by atoms with van der Waals surface area (Å²) in [6.45, 7) is 0.474. The SMILES string of the molecule is Cn1cc(CCNC(CC(F)(F)F)c2ccccc2)cn1. The number of hydrogen-bond acceptors (Lipinski definition) is 2. The van der Waals surface area contributed by atoms with E-state index < -0.39 is 18.6 Å². The molecule has 0 saturated heterocycles. The minimum Gasteiger partial charge on any atom is -0.309 e. The molecule has 0 bridgehead atoms. The van der Waals surface area contributed by atoms with Gasteiger partial charge < -0.3 is 5.32 Å². The van der Waals surface area contributed by atoms with Gasteiger partial charge in [-0.1, -0.05) is 30.3 Å². The lowest BCUT2D eigenvalue weighted by Crippen LogP contribution is -2.28. The molecule has 0 aliphatic heterocycles. The van der Waals surface area contributed by atoms with Gasteiger partial charge in [-0.25, -0.2) is 0 Å². The van der Waals surface area contributed by atoms with Gasteiger partial charge >= 0.3 is 6.18 Å². The van der Waals surface area contributed by atoms with Crippen molar-refractivity contribution < 1.29 is 13.2 Å². The fraction of sp³-hybridized carbons (Fsp3) is 0.400. The average molecular weight is 297 g/mol. The summed E-state index contributed by atoms with van der Waals surface area (Å²) >= 11 is 0. The number of alkyl halides is 3. The first-order valence-corrected chi connectivity index (χ1v) is 6.76. The molecule has 1 unspecified atom stereocenters. The number of halogens is 3. The highest BCUT2D eigenvalue weighted by Crippen LogP contribution is 2.29. The molecule has 114 valence electrons. The Morgan fingerprint density at radius 2 is 1.95 bits per heavy atom. The average Bonchev–Trinajstić information content (AvgIpc) is 2.83. The summed E-state index contributed by atoms with van der Waals surface area (Å²) in [5, 5.41) is 7.03. The Balaban J connectivity index is 1.96. The highest BCUT2D eigenvalue weighted by atomic mass is 19.4. The largest absolute Gasteiger partial charge is 0.390 e. The smallest absolute Gasteiger partial charge is 0.309 e. The van der Waals surface area contributed by atoms with E-state index in [1.165, 1.54) is 0 Å². The predicted molar refractivity (Wildman–Crippen MR) is 74.8 cm³/mol. The second-order valence-corrected chi connectivity index (χ2v) is 5.01. The molecule has 0 spiro atoms. The minimum atomic E-state index is -4.19. The van der Waals surface area contributed by atoms with Crippen LogP contribution in [0.15, 0.2) is 42.7 Å². The number of aromatic nitrogens is 2. The van der Waals surface area contributed by atoms with E-state index in [4.69, 9.17) is 0 Å². The zero-order valence-corrected chi connectivity index (χ0v) is 11.8. The molecule has 6 heteroatoms. The van der Waals surface area contributed by atoms with Crippen LogP contribution in [0.1, 0.15) is 23.6 Å². The Labute approximate surface area is 121 Å². The number of rotatable bonds is 6. The van der Waals surface area contributed by atoms with E-state index in [0.29, 0.717) is 18.5 Å². The molecule has 0 saturated carbocycles. The first-order valence-electron chi connectivity index (χ1n) is 6.76. The molecular formula is C15H18F3N3. The third-order valence-corrected chi connectivity index (χ3v) is 3.20. The first-order chi connectivity index (χ1) is 9.94. The fourth-order valence-electron chi connectivity index (χ4n) is 2.22. The van der Waals surface area contributed by atoms with E-state index in [9.17, 15) is 13.2 Å². The van der Waals surface area contributed by atoms with Crippen LogP contribution in [-0.4, -0.2) is 22.5 Å². The summed E-state index contributed by atoms with van der Waals surface area (Å²) in [6.07, 6.45) is -0.827. The summed E-state index contributed by atoms with van der Waals surface area (Å²) in [7, 11) is 1.81. The molecule has 2 aromatic rings. The van der Waals surface area contributed by atoms with Crippen molar-refractivity contribution in [3.8, 4) is 0 Å². The molecule has 0 amide bonds. The maximum absolute atomic E-state index is 12.7. The molecule has 1 aromatic carbocycles. The Morgan fingerprint density at radius 3 is 2.52 bits per heavy atom. The highest BCUT2D eigenvalue weighted by Gasteiger charge is 2.32. The van der Waals surface area contributed by atoms with E-state index in [2.05, 4.69) is 10.4 Å². The molecule has 1 N–H and O–H groups in total. The lowest BCUT2D eigenvalue weighted by Gasteiger charge is -2.20. The summed E-state index contributed by atoms with van der Waals surface area (Å²) < 4.78 is 39.8. The van der Waals surface area contributed by atoms with Crippen molar-refractivity contribution in [3.05, 3.63) is 53.9 Å². The van der Waals surface area contributed by atoms with Crippen LogP contribution in [0.2, 0.25) is 0 Å². The molecule has 2 rings (SSSR count). The molecule has 1 atom stereocenters. The summed E-state index contributed by atoms with van der Waals surface area (Å²) in [6, 6.07) is 8.01. The van der Waals surface area contributed by atoms with Gasteiger partial charge in [0.25, 0.3) is 0 Å². The topological polar surface area (TPSA) is 29.9 Å². The van der Waals surface area contributed by atoms with Crippen molar-refractivity contribution in [2.24, 2.45) is 7.05 Å². The second kappa shape index (κ2) is 6.76. The first kappa shape index (κ1) is 15.6. The fourth-order valence-corrected chi connectivity index (χ4v) is 2.22. The molecule has 0 radical (unpaired) electrons. The summed E-state index contributed by atoms with van der Waals surface area (Å²) in [5.74, 6) is 0. The molecule has 1 aromatic heterocycles. The maximum Gasteiger partial charge on any atom is 0.390 e. The van der Waals surface area contributed by atoms with Crippen LogP contribution in [0.3, 0.4) is 0 Å². The van der Waals surface area contributed by atoms with Gasteiger partial charge in [-0.2, -0.15) is 18.3 Å². The molecule has 1 heterocycles. The number of nitrogens with zero attached hydrogens (tertiary/aromatic N) is 2. The van der Waals surface area contributed by atoms with Gasteiger partial charge in [0.05, 0.1) is 12.6 Å².